The fourth-order valence-corrected chi connectivity index (χ4v) is 3.79. The molecule has 2 N–H and O–H groups in total. The van der Waals surface area contributed by atoms with Gasteiger partial charge in [0.25, 0.3) is 5.91 Å². The number of thiazole rings is 1. The number of likely N-dealkylation sites (tertiary alicyclic amines) is 1. The summed E-state index contributed by atoms with van der Waals surface area (Å²) in [5, 5.41) is 2.75. The van der Waals surface area contributed by atoms with Crippen molar-refractivity contribution in [2.45, 2.75) is 38.3 Å². The Kier molecular flexibility index (Phi) is 4.55. The summed E-state index contributed by atoms with van der Waals surface area (Å²) >= 11 is 1.51. The third kappa shape index (κ3) is 3.05. The van der Waals surface area contributed by atoms with Crippen molar-refractivity contribution in [3.05, 3.63) is 41.4 Å². The molecule has 0 bridgehead atoms. The first-order valence-electron chi connectivity index (χ1n) is 7.74. The van der Waals surface area contributed by atoms with E-state index >= 15 is 0 Å². The minimum absolute atomic E-state index is 0.00326. The molecule has 2 aromatic rings. The second-order valence-electron chi connectivity index (χ2n) is 5.82. The van der Waals surface area contributed by atoms with Crippen molar-refractivity contribution in [3.8, 4) is 10.6 Å². The van der Waals surface area contributed by atoms with Gasteiger partial charge in [-0.1, -0.05) is 30.3 Å². The average Bonchev–Trinajstić information content (AvgIpc) is 3.05. The second kappa shape index (κ2) is 6.58. The Labute approximate surface area is 135 Å². The Hall–Kier alpha value is -1.72. The van der Waals surface area contributed by atoms with E-state index < -0.39 is 0 Å². The van der Waals surface area contributed by atoms with Gasteiger partial charge in [-0.2, -0.15) is 0 Å². The van der Waals surface area contributed by atoms with E-state index in [2.05, 4.69) is 4.98 Å². The van der Waals surface area contributed by atoms with Crippen LogP contribution in [-0.4, -0.2) is 34.4 Å². The zero-order valence-electron chi connectivity index (χ0n) is 12.7. The standard InChI is InChI=1S/C17H21N3OS/c1-12(18)15-9-5-6-10-20(15)17(21)14-11-22-16(19-14)13-7-3-2-4-8-13/h2-4,7-8,11-12,15H,5-6,9-10,18H2,1H3. The van der Waals surface area contributed by atoms with Crippen LogP contribution in [0.25, 0.3) is 10.6 Å². The summed E-state index contributed by atoms with van der Waals surface area (Å²) in [4.78, 5) is 19.2. The number of rotatable bonds is 3. The molecule has 1 amide bonds. The molecular formula is C17H21N3OS. The summed E-state index contributed by atoms with van der Waals surface area (Å²) in [6.45, 7) is 2.76. The van der Waals surface area contributed by atoms with E-state index in [1.54, 1.807) is 0 Å². The van der Waals surface area contributed by atoms with Crippen molar-refractivity contribution < 1.29 is 4.79 Å². The summed E-state index contributed by atoms with van der Waals surface area (Å²) in [5.74, 6) is 0.0143. The zero-order chi connectivity index (χ0) is 15.5. The van der Waals surface area contributed by atoms with E-state index in [-0.39, 0.29) is 18.0 Å². The molecule has 2 atom stereocenters. The molecule has 5 heteroatoms. The number of hydrogen-bond donors (Lipinski definition) is 1. The molecule has 1 fully saturated rings. The highest BCUT2D eigenvalue weighted by atomic mass is 32.1. The van der Waals surface area contributed by atoms with Gasteiger partial charge in [0.15, 0.2) is 0 Å². The molecule has 22 heavy (non-hydrogen) atoms. The van der Waals surface area contributed by atoms with Crippen LogP contribution in [0, 0.1) is 0 Å². The third-order valence-corrected chi connectivity index (χ3v) is 5.05. The molecule has 1 aromatic heterocycles. The topological polar surface area (TPSA) is 59.2 Å². The zero-order valence-corrected chi connectivity index (χ0v) is 13.6. The summed E-state index contributed by atoms with van der Waals surface area (Å²) in [7, 11) is 0. The van der Waals surface area contributed by atoms with Gasteiger partial charge in [0.2, 0.25) is 0 Å². The quantitative estimate of drug-likeness (QED) is 0.946. The smallest absolute Gasteiger partial charge is 0.273 e. The molecule has 2 heterocycles. The minimum atomic E-state index is -0.00326. The fraction of sp³-hybridized carbons (Fsp3) is 0.412. The maximum atomic E-state index is 12.8. The molecule has 1 saturated heterocycles. The third-order valence-electron chi connectivity index (χ3n) is 4.16. The molecule has 0 radical (unpaired) electrons. The summed E-state index contributed by atoms with van der Waals surface area (Å²) < 4.78 is 0. The molecule has 0 aliphatic carbocycles. The molecule has 4 nitrogen and oxygen atoms in total. The van der Waals surface area contributed by atoms with Crippen LogP contribution in [0.1, 0.15) is 36.7 Å². The second-order valence-corrected chi connectivity index (χ2v) is 6.68. The molecule has 1 aliphatic heterocycles. The highest BCUT2D eigenvalue weighted by molar-refractivity contribution is 7.13. The van der Waals surface area contributed by atoms with Gasteiger partial charge in [0.1, 0.15) is 10.7 Å². The van der Waals surface area contributed by atoms with Crippen LogP contribution in [-0.2, 0) is 0 Å². The monoisotopic (exact) mass is 315 g/mol. The van der Waals surface area contributed by atoms with Crippen molar-refractivity contribution in [3.63, 3.8) is 0 Å². The first-order chi connectivity index (χ1) is 10.7. The van der Waals surface area contributed by atoms with Crippen LogP contribution >= 0.6 is 11.3 Å². The molecule has 1 aromatic carbocycles. The maximum Gasteiger partial charge on any atom is 0.273 e. The molecule has 3 rings (SSSR count). The summed E-state index contributed by atoms with van der Waals surface area (Å²) in [6, 6.07) is 10.1. The lowest BCUT2D eigenvalue weighted by molar-refractivity contribution is 0.0578. The van der Waals surface area contributed by atoms with Gasteiger partial charge < -0.3 is 10.6 Å². The van der Waals surface area contributed by atoms with Gasteiger partial charge in [-0.3, -0.25) is 4.79 Å². The molecule has 0 saturated carbocycles. The predicted octanol–water partition coefficient (Wildman–Crippen LogP) is 3.15. The number of piperidine rings is 1. The van der Waals surface area contributed by atoms with Gasteiger partial charge in [-0.25, -0.2) is 4.98 Å². The fourth-order valence-electron chi connectivity index (χ4n) is 2.99. The van der Waals surface area contributed by atoms with Crippen molar-refractivity contribution in [2.24, 2.45) is 5.73 Å². The van der Waals surface area contributed by atoms with E-state index in [4.69, 9.17) is 5.73 Å². The number of nitrogens with zero attached hydrogens (tertiary/aromatic N) is 2. The van der Waals surface area contributed by atoms with Crippen molar-refractivity contribution in [2.75, 3.05) is 6.54 Å². The van der Waals surface area contributed by atoms with E-state index in [1.165, 1.54) is 11.3 Å². The van der Waals surface area contributed by atoms with E-state index in [0.717, 1.165) is 36.4 Å². The number of carbonyl (C=O) groups excluding carboxylic acids is 1. The van der Waals surface area contributed by atoms with Crippen molar-refractivity contribution >= 4 is 17.2 Å². The van der Waals surface area contributed by atoms with Gasteiger partial charge >= 0.3 is 0 Å². The lowest BCUT2D eigenvalue weighted by Gasteiger charge is -2.37. The molecular weight excluding hydrogens is 294 g/mol. The Morgan fingerprint density at radius 2 is 2.14 bits per heavy atom. The first kappa shape index (κ1) is 15.2. The largest absolute Gasteiger partial charge is 0.333 e. The lowest BCUT2D eigenvalue weighted by Crippen LogP contribution is -2.51. The predicted molar refractivity (Wildman–Crippen MR) is 89.9 cm³/mol. The van der Waals surface area contributed by atoms with E-state index in [1.807, 2.05) is 47.5 Å². The first-order valence-corrected chi connectivity index (χ1v) is 8.62. The van der Waals surface area contributed by atoms with Gasteiger partial charge in [-0.05, 0) is 26.2 Å². The number of aromatic nitrogens is 1. The van der Waals surface area contributed by atoms with Crippen LogP contribution in [0.5, 0.6) is 0 Å². The SMILES string of the molecule is CC(N)C1CCCCN1C(=O)c1csc(-c2ccccc2)n1. The van der Waals surface area contributed by atoms with E-state index in [9.17, 15) is 4.79 Å². The van der Waals surface area contributed by atoms with Gasteiger partial charge in [0, 0.05) is 29.6 Å². The number of nitrogens with two attached hydrogens (primary N) is 1. The highest BCUT2D eigenvalue weighted by Crippen LogP contribution is 2.26. The van der Waals surface area contributed by atoms with Crippen LogP contribution in [0.2, 0.25) is 0 Å². The Morgan fingerprint density at radius 3 is 2.86 bits per heavy atom. The summed E-state index contributed by atoms with van der Waals surface area (Å²) in [5.41, 5.74) is 7.65. The maximum absolute atomic E-state index is 12.8. The summed E-state index contributed by atoms with van der Waals surface area (Å²) in [6.07, 6.45) is 3.17. The molecule has 2 unspecified atom stereocenters. The minimum Gasteiger partial charge on any atom is -0.333 e. The highest BCUT2D eigenvalue weighted by Gasteiger charge is 2.30. The Morgan fingerprint density at radius 1 is 1.36 bits per heavy atom. The molecule has 116 valence electrons. The number of carbonyl (C=O) groups is 1. The normalized spacial score (nSPS) is 19.9. The van der Waals surface area contributed by atoms with Crippen LogP contribution in [0.4, 0.5) is 0 Å². The number of amides is 1. The van der Waals surface area contributed by atoms with Crippen LogP contribution in [0.15, 0.2) is 35.7 Å². The average molecular weight is 315 g/mol. The number of benzene rings is 1. The molecule has 1 aliphatic rings. The molecule has 0 spiro atoms. The van der Waals surface area contributed by atoms with Crippen molar-refractivity contribution in [1.82, 2.24) is 9.88 Å². The Bertz CT molecular complexity index is 638. The Balaban J connectivity index is 1.82. The van der Waals surface area contributed by atoms with Gasteiger partial charge in [0.05, 0.1) is 0 Å². The lowest BCUT2D eigenvalue weighted by atomic mass is 9.96. The number of hydrogen-bond acceptors (Lipinski definition) is 4. The van der Waals surface area contributed by atoms with E-state index in [0.29, 0.717) is 5.69 Å². The van der Waals surface area contributed by atoms with Crippen LogP contribution in [0.3, 0.4) is 0 Å². The van der Waals surface area contributed by atoms with Gasteiger partial charge in [-0.15, -0.1) is 11.3 Å². The van der Waals surface area contributed by atoms with Crippen LogP contribution < -0.4 is 5.73 Å². The van der Waals surface area contributed by atoms with Crippen molar-refractivity contribution in [1.29, 1.82) is 0 Å².